The monoisotopic (exact) mass is 353 g/mol. The highest BCUT2D eigenvalue weighted by molar-refractivity contribution is 6.40. The number of para-hydroxylation sites is 2. The lowest BCUT2D eigenvalue weighted by Crippen LogP contribution is -2.15. The number of nitrogens with one attached hydrogen (secondary N) is 1. The normalized spacial score (nSPS) is 10.4. The minimum atomic E-state index is -0.341. The molecule has 0 aliphatic rings. The third-order valence-electron chi connectivity index (χ3n) is 3.02. The molecule has 0 saturated heterocycles. The molecule has 2 rings (SSSR count). The molecule has 1 N–H and O–H groups in total. The van der Waals surface area contributed by atoms with Crippen molar-refractivity contribution in [3.05, 3.63) is 58.1 Å². The fourth-order valence-electron chi connectivity index (χ4n) is 1.93. The number of rotatable bonds is 7. The molecule has 0 aliphatic heterocycles. The summed E-state index contributed by atoms with van der Waals surface area (Å²) in [6.45, 7) is 3.36. The first-order valence-electron chi connectivity index (χ1n) is 7.18. The van der Waals surface area contributed by atoms with Crippen LogP contribution in [0.1, 0.15) is 17.3 Å². The van der Waals surface area contributed by atoms with Crippen LogP contribution in [-0.4, -0.2) is 25.7 Å². The van der Waals surface area contributed by atoms with Crippen molar-refractivity contribution in [3.63, 3.8) is 0 Å². The van der Waals surface area contributed by atoms with Gasteiger partial charge in [0.05, 0.1) is 27.9 Å². The third kappa shape index (κ3) is 4.86. The number of ether oxygens (including phenoxy) is 2. The Morgan fingerprint density at radius 3 is 2.43 bits per heavy atom. The van der Waals surface area contributed by atoms with E-state index in [1.165, 1.54) is 0 Å². The Morgan fingerprint density at radius 2 is 1.74 bits per heavy atom. The number of carbonyl (C=O) groups excluding carboxylic acids is 1. The molecule has 6 heteroatoms. The van der Waals surface area contributed by atoms with Crippen molar-refractivity contribution in [1.29, 1.82) is 0 Å². The molecule has 0 radical (unpaired) electrons. The molecule has 0 atom stereocenters. The molecule has 4 nitrogen and oxygen atoms in total. The fraction of sp³-hybridized carbons (Fsp3) is 0.235. The van der Waals surface area contributed by atoms with Crippen molar-refractivity contribution < 1.29 is 14.3 Å². The molecule has 0 unspecified atom stereocenters. The number of hydrogen-bond donors (Lipinski definition) is 1. The van der Waals surface area contributed by atoms with Gasteiger partial charge in [0, 0.05) is 6.61 Å². The summed E-state index contributed by atoms with van der Waals surface area (Å²) in [5.41, 5.74) is 0.782. The standard InChI is InChI=1S/C17H17Cl2NO3/c1-2-22-10-11-23-15-9-4-3-6-12(15)17(21)20-16-13(18)7-5-8-14(16)19/h3-9H,2,10-11H2,1H3,(H,20,21). The average Bonchev–Trinajstić information content (AvgIpc) is 2.55. The molecule has 0 saturated carbocycles. The van der Waals surface area contributed by atoms with Crippen molar-refractivity contribution in [3.8, 4) is 5.75 Å². The van der Waals surface area contributed by atoms with Crippen molar-refractivity contribution in [2.75, 3.05) is 25.1 Å². The highest BCUT2D eigenvalue weighted by atomic mass is 35.5. The van der Waals surface area contributed by atoms with Crippen LogP contribution in [0.2, 0.25) is 10.0 Å². The fourth-order valence-corrected chi connectivity index (χ4v) is 2.43. The van der Waals surface area contributed by atoms with Crippen LogP contribution in [0, 0.1) is 0 Å². The SMILES string of the molecule is CCOCCOc1ccccc1C(=O)Nc1c(Cl)cccc1Cl. The maximum absolute atomic E-state index is 12.5. The van der Waals surface area contributed by atoms with E-state index in [-0.39, 0.29) is 5.91 Å². The molecule has 2 aromatic carbocycles. The molecule has 0 spiro atoms. The summed E-state index contributed by atoms with van der Waals surface area (Å²) in [4.78, 5) is 12.5. The summed E-state index contributed by atoms with van der Waals surface area (Å²) in [6, 6.07) is 12.0. The number of benzene rings is 2. The van der Waals surface area contributed by atoms with Gasteiger partial charge in [0.25, 0.3) is 5.91 Å². The zero-order valence-electron chi connectivity index (χ0n) is 12.6. The Morgan fingerprint density at radius 1 is 1.04 bits per heavy atom. The van der Waals surface area contributed by atoms with Crippen LogP contribution in [0.15, 0.2) is 42.5 Å². The van der Waals surface area contributed by atoms with E-state index in [0.29, 0.717) is 46.9 Å². The minimum absolute atomic E-state index is 0.341. The van der Waals surface area contributed by atoms with Gasteiger partial charge in [0.1, 0.15) is 12.4 Å². The van der Waals surface area contributed by atoms with Crippen molar-refractivity contribution >= 4 is 34.8 Å². The highest BCUT2D eigenvalue weighted by Gasteiger charge is 2.15. The van der Waals surface area contributed by atoms with Gasteiger partial charge in [0.15, 0.2) is 0 Å². The second-order valence-electron chi connectivity index (χ2n) is 4.59. The molecule has 23 heavy (non-hydrogen) atoms. The molecule has 0 aliphatic carbocycles. The van der Waals surface area contributed by atoms with Crippen molar-refractivity contribution in [2.24, 2.45) is 0 Å². The molecule has 0 heterocycles. The van der Waals surface area contributed by atoms with Crippen LogP contribution in [0.5, 0.6) is 5.75 Å². The topological polar surface area (TPSA) is 47.6 Å². The van der Waals surface area contributed by atoms with Gasteiger partial charge in [-0.1, -0.05) is 41.4 Å². The molecular weight excluding hydrogens is 337 g/mol. The van der Waals surface area contributed by atoms with E-state index < -0.39 is 0 Å². The Balaban J connectivity index is 2.13. The lowest BCUT2D eigenvalue weighted by atomic mass is 10.2. The van der Waals surface area contributed by atoms with Gasteiger partial charge in [-0.3, -0.25) is 4.79 Å². The van der Waals surface area contributed by atoms with Gasteiger partial charge >= 0.3 is 0 Å². The maximum atomic E-state index is 12.5. The van der Waals surface area contributed by atoms with E-state index in [9.17, 15) is 4.79 Å². The van der Waals surface area contributed by atoms with Crippen LogP contribution < -0.4 is 10.1 Å². The summed E-state index contributed by atoms with van der Waals surface area (Å²) >= 11 is 12.1. The van der Waals surface area contributed by atoms with Gasteiger partial charge < -0.3 is 14.8 Å². The summed E-state index contributed by atoms with van der Waals surface area (Å²) in [7, 11) is 0. The smallest absolute Gasteiger partial charge is 0.259 e. The van der Waals surface area contributed by atoms with E-state index in [4.69, 9.17) is 32.7 Å². The average molecular weight is 354 g/mol. The molecule has 1 amide bonds. The summed E-state index contributed by atoms with van der Waals surface area (Å²) in [5, 5.41) is 3.47. The second kappa shape index (κ2) is 8.77. The Hall–Kier alpha value is -1.75. The lowest BCUT2D eigenvalue weighted by Gasteiger charge is -2.13. The molecule has 2 aromatic rings. The lowest BCUT2D eigenvalue weighted by molar-refractivity contribution is 0.0998. The van der Waals surface area contributed by atoms with Crippen molar-refractivity contribution in [1.82, 2.24) is 0 Å². The Bertz CT molecular complexity index is 656. The number of amides is 1. The summed E-state index contributed by atoms with van der Waals surface area (Å²) < 4.78 is 10.8. The largest absolute Gasteiger partial charge is 0.490 e. The highest BCUT2D eigenvalue weighted by Crippen LogP contribution is 2.31. The number of anilines is 1. The van der Waals surface area contributed by atoms with Crippen LogP contribution in [-0.2, 0) is 4.74 Å². The summed E-state index contributed by atoms with van der Waals surface area (Å²) in [6.07, 6.45) is 0. The van der Waals surface area contributed by atoms with Crippen LogP contribution in [0.3, 0.4) is 0 Å². The van der Waals surface area contributed by atoms with E-state index in [1.54, 1.807) is 42.5 Å². The third-order valence-corrected chi connectivity index (χ3v) is 3.65. The molecule has 0 bridgehead atoms. The zero-order valence-corrected chi connectivity index (χ0v) is 14.2. The van der Waals surface area contributed by atoms with Crippen LogP contribution >= 0.6 is 23.2 Å². The molecule has 0 aromatic heterocycles. The maximum Gasteiger partial charge on any atom is 0.259 e. The minimum Gasteiger partial charge on any atom is -0.490 e. The Kier molecular flexibility index (Phi) is 6.71. The number of carbonyl (C=O) groups is 1. The van der Waals surface area contributed by atoms with E-state index in [1.807, 2.05) is 6.92 Å². The van der Waals surface area contributed by atoms with Crippen LogP contribution in [0.25, 0.3) is 0 Å². The van der Waals surface area contributed by atoms with E-state index in [0.717, 1.165) is 0 Å². The second-order valence-corrected chi connectivity index (χ2v) is 5.41. The van der Waals surface area contributed by atoms with E-state index >= 15 is 0 Å². The van der Waals surface area contributed by atoms with Gasteiger partial charge in [-0.05, 0) is 31.2 Å². The predicted octanol–water partition coefficient (Wildman–Crippen LogP) is 4.66. The summed E-state index contributed by atoms with van der Waals surface area (Å²) in [5.74, 6) is 0.139. The molecular formula is C17H17Cl2NO3. The predicted molar refractivity (Wildman–Crippen MR) is 92.8 cm³/mol. The van der Waals surface area contributed by atoms with Gasteiger partial charge in [-0.25, -0.2) is 0 Å². The van der Waals surface area contributed by atoms with Crippen molar-refractivity contribution in [2.45, 2.75) is 6.92 Å². The van der Waals surface area contributed by atoms with E-state index in [2.05, 4.69) is 5.32 Å². The first-order chi connectivity index (χ1) is 11.1. The molecule has 0 fully saturated rings. The van der Waals surface area contributed by atoms with Gasteiger partial charge in [-0.15, -0.1) is 0 Å². The first kappa shape index (κ1) is 17.6. The quantitative estimate of drug-likeness (QED) is 0.736. The number of hydrogen-bond acceptors (Lipinski definition) is 3. The zero-order chi connectivity index (χ0) is 16.7. The Labute approximate surface area is 145 Å². The van der Waals surface area contributed by atoms with Gasteiger partial charge in [-0.2, -0.15) is 0 Å². The van der Waals surface area contributed by atoms with Gasteiger partial charge in [0.2, 0.25) is 0 Å². The first-order valence-corrected chi connectivity index (χ1v) is 7.94. The van der Waals surface area contributed by atoms with Crippen LogP contribution in [0.4, 0.5) is 5.69 Å². The number of halogens is 2. The molecule has 122 valence electrons.